The van der Waals surface area contributed by atoms with Crippen molar-refractivity contribution < 1.29 is 13.9 Å². The molecule has 10 heteroatoms. The standard InChI is InChI=1S/C25H26FN7O2/c1-32(2)15-8-9-33(13-15)25(34)17-6-4-14(10-18(17)26)21-12-28-23(27)22(29-21)24-30-19-7-5-16(35-3)11-20(19)31-24/h4-7,10-12,15H,8-9,13H2,1-3H3,(H2,27,28)(H,30,31)/t15-/m0/s1. The van der Waals surface area contributed by atoms with Gasteiger partial charge in [0.05, 0.1) is 35.6 Å². The lowest BCUT2D eigenvalue weighted by Gasteiger charge is -2.20. The number of benzene rings is 2. The van der Waals surface area contributed by atoms with Crippen molar-refractivity contribution in [3.63, 3.8) is 0 Å². The molecule has 5 rings (SSSR count). The van der Waals surface area contributed by atoms with Crippen molar-refractivity contribution in [2.75, 3.05) is 40.0 Å². The van der Waals surface area contributed by atoms with Crippen LogP contribution in [-0.4, -0.2) is 76.0 Å². The molecule has 1 amide bonds. The summed E-state index contributed by atoms with van der Waals surface area (Å²) in [6.45, 7) is 1.20. The van der Waals surface area contributed by atoms with E-state index in [1.165, 1.54) is 18.3 Å². The van der Waals surface area contributed by atoms with Gasteiger partial charge in [0.2, 0.25) is 0 Å². The summed E-state index contributed by atoms with van der Waals surface area (Å²) < 4.78 is 20.3. The molecule has 0 spiro atoms. The number of methoxy groups -OCH3 is 1. The minimum atomic E-state index is -0.600. The highest BCUT2D eigenvalue weighted by atomic mass is 19.1. The second-order valence-corrected chi connectivity index (χ2v) is 8.81. The first kappa shape index (κ1) is 22.7. The number of aromatic nitrogens is 4. The molecule has 1 aliphatic rings. The van der Waals surface area contributed by atoms with Gasteiger partial charge in [-0.15, -0.1) is 0 Å². The third-order valence-electron chi connectivity index (χ3n) is 6.39. The number of nitrogen functional groups attached to an aromatic ring is 1. The number of H-pyrrole nitrogens is 1. The summed E-state index contributed by atoms with van der Waals surface area (Å²) in [5.41, 5.74) is 8.87. The molecule has 1 saturated heterocycles. The molecule has 0 radical (unpaired) electrons. The Kier molecular flexibility index (Phi) is 5.81. The van der Waals surface area contributed by atoms with Crippen LogP contribution >= 0.6 is 0 Å². The van der Waals surface area contributed by atoms with Crippen molar-refractivity contribution in [1.29, 1.82) is 0 Å². The number of rotatable bonds is 5. The molecule has 4 aromatic rings. The van der Waals surface area contributed by atoms with E-state index in [0.29, 0.717) is 41.6 Å². The maximum atomic E-state index is 15.0. The molecule has 0 bridgehead atoms. The van der Waals surface area contributed by atoms with Crippen LogP contribution in [0, 0.1) is 5.82 Å². The van der Waals surface area contributed by atoms with Crippen molar-refractivity contribution in [3.05, 3.63) is 54.0 Å². The molecular formula is C25H26FN7O2. The van der Waals surface area contributed by atoms with Gasteiger partial charge in [-0.3, -0.25) is 4.79 Å². The maximum Gasteiger partial charge on any atom is 0.256 e. The van der Waals surface area contributed by atoms with Crippen LogP contribution in [0.4, 0.5) is 10.2 Å². The summed E-state index contributed by atoms with van der Waals surface area (Å²) >= 11 is 0. The van der Waals surface area contributed by atoms with Crippen molar-refractivity contribution in [2.45, 2.75) is 12.5 Å². The van der Waals surface area contributed by atoms with Crippen LogP contribution in [0.3, 0.4) is 0 Å². The van der Waals surface area contributed by atoms with Gasteiger partial charge < -0.3 is 25.3 Å². The van der Waals surface area contributed by atoms with Crippen molar-refractivity contribution in [3.8, 4) is 28.5 Å². The number of halogens is 1. The molecule has 1 aliphatic heterocycles. The molecule has 35 heavy (non-hydrogen) atoms. The molecule has 3 N–H and O–H groups in total. The van der Waals surface area contributed by atoms with Gasteiger partial charge >= 0.3 is 0 Å². The predicted octanol–water partition coefficient (Wildman–Crippen LogP) is 3.19. The van der Waals surface area contributed by atoms with Gasteiger partial charge in [0, 0.05) is 30.8 Å². The fourth-order valence-corrected chi connectivity index (χ4v) is 4.31. The first-order chi connectivity index (χ1) is 16.8. The van der Waals surface area contributed by atoms with E-state index < -0.39 is 5.82 Å². The Morgan fingerprint density at radius 3 is 2.77 bits per heavy atom. The van der Waals surface area contributed by atoms with Crippen LogP contribution in [0.15, 0.2) is 42.6 Å². The smallest absolute Gasteiger partial charge is 0.256 e. The number of amides is 1. The van der Waals surface area contributed by atoms with Crippen LogP contribution < -0.4 is 10.5 Å². The molecule has 0 saturated carbocycles. The highest BCUT2D eigenvalue weighted by molar-refractivity contribution is 5.95. The number of anilines is 1. The highest BCUT2D eigenvalue weighted by Gasteiger charge is 2.29. The minimum Gasteiger partial charge on any atom is -0.497 e. The Hall–Kier alpha value is -4.05. The lowest BCUT2D eigenvalue weighted by molar-refractivity contribution is 0.0778. The highest BCUT2D eigenvalue weighted by Crippen LogP contribution is 2.28. The van der Waals surface area contributed by atoms with Gasteiger partial charge in [-0.1, -0.05) is 6.07 Å². The van der Waals surface area contributed by atoms with Crippen LogP contribution in [-0.2, 0) is 0 Å². The Morgan fingerprint density at radius 1 is 1.23 bits per heavy atom. The molecule has 0 unspecified atom stereocenters. The zero-order valence-electron chi connectivity index (χ0n) is 19.7. The molecule has 1 atom stereocenters. The van der Waals surface area contributed by atoms with Crippen LogP contribution in [0.1, 0.15) is 16.8 Å². The third-order valence-corrected chi connectivity index (χ3v) is 6.39. The summed E-state index contributed by atoms with van der Waals surface area (Å²) in [5, 5.41) is 0. The summed E-state index contributed by atoms with van der Waals surface area (Å²) in [6.07, 6.45) is 2.35. The Morgan fingerprint density at radius 2 is 2.06 bits per heavy atom. The van der Waals surface area contributed by atoms with E-state index in [4.69, 9.17) is 10.5 Å². The van der Waals surface area contributed by atoms with Crippen molar-refractivity contribution in [1.82, 2.24) is 29.7 Å². The first-order valence-corrected chi connectivity index (χ1v) is 11.3. The molecule has 0 aliphatic carbocycles. The second-order valence-electron chi connectivity index (χ2n) is 8.81. The number of aromatic amines is 1. The lowest BCUT2D eigenvalue weighted by Crippen LogP contribution is -2.34. The fraction of sp³-hybridized carbons (Fsp3) is 0.280. The predicted molar refractivity (Wildman–Crippen MR) is 131 cm³/mol. The SMILES string of the molecule is COc1ccc2nc(-c3nc(-c4ccc(C(=O)N5CC[C@H](N(C)C)C5)c(F)c4)cnc3N)[nH]c2c1. The van der Waals surface area contributed by atoms with E-state index in [-0.39, 0.29) is 23.3 Å². The zero-order valence-corrected chi connectivity index (χ0v) is 19.7. The van der Waals surface area contributed by atoms with Gasteiger partial charge in [-0.25, -0.2) is 19.3 Å². The van der Waals surface area contributed by atoms with E-state index in [2.05, 4.69) is 24.8 Å². The number of likely N-dealkylation sites (N-methyl/N-ethyl adjacent to an activating group) is 1. The summed E-state index contributed by atoms with van der Waals surface area (Å²) in [4.78, 5) is 33.2. The van der Waals surface area contributed by atoms with Gasteiger partial charge in [0.1, 0.15) is 17.3 Å². The van der Waals surface area contributed by atoms with E-state index in [9.17, 15) is 4.79 Å². The Labute approximate surface area is 201 Å². The van der Waals surface area contributed by atoms with Crippen LogP contribution in [0.5, 0.6) is 5.75 Å². The number of likely N-dealkylation sites (tertiary alicyclic amines) is 1. The monoisotopic (exact) mass is 475 g/mol. The molecule has 9 nitrogen and oxygen atoms in total. The average molecular weight is 476 g/mol. The number of nitrogens with one attached hydrogen (secondary N) is 1. The molecule has 180 valence electrons. The third kappa shape index (κ3) is 4.28. The molecule has 2 aromatic carbocycles. The minimum absolute atomic E-state index is 0.0445. The van der Waals surface area contributed by atoms with E-state index >= 15 is 4.39 Å². The molecule has 1 fully saturated rings. The number of nitrogens with two attached hydrogens (primary N) is 1. The van der Waals surface area contributed by atoms with Crippen molar-refractivity contribution in [2.24, 2.45) is 0 Å². The van der Waals surface area contributed by atoms with Gasteiger partial charge in [-0.2, -0.15) is 0 Å². The number of carbonyl (C=O) groups is 1. The topological polar surface area (TPSA) is 113 Å². The summed E-state index contributed by atoms with van der Waals surface area (Å²) in [7, 11) is 5.56. The fourth-order valence-electron chi connectivity index (χ4n) is 4.31. The van der Waals surface area contributed by atoms with Gasteiger partial charge in [0.15, 0.2) is 11.6 Å². The molecule has 2 aromatic heterocycles. The number of carbonyl (C=O) groups excluding carboxylic acids is 1. The van der Waals surface area contributed by atoms with Crippen molar-refractivity contribution >= 4 is 22.8 Å². The van der Waals surface area contributed by atoms with E-state index in [0.717, 1.165) is 17.5 Å². The molecule has 3 heterocycles. The van der Waals surface area contributed by atoms with E-state index in [1.54, 1.807) is 18.1 Å². The summed E-state index contributed by atoms with van der Waals surface area (Å²) in [5.74, 6) is 0.419. The number of nitrogens with zero attached hydrogens (tertiary/aromatic N) is 5. The van der Waals surface area contributed by atoms with Crippen LogP contribution in [0.25, 0.3) is 33.8 Å². The number of ether oxygens (including phenoxy) is 1. The number of fused-ring (bicyclic) bond motifs is 1. The number of hydrogen-bond donors (Lipinski definition) is 2. The van der Waals surface area contributed by atoms with Crippen LogP contribution in [0.2, 0.25) is 0 Å². The van der Waals surface area contributed by atoms with Gasteiger partial charge in [0.25, 0.3) is 5.91 Å². The zero-order chi connectivity index (χ0) is 24.7. The van der Waals surface area contributed by atoms with Gasteiger partial charge in [-0.05, 0) is 44.8 Å². The number of imidazole rings is 1. The normalized spacial score (nSPS) is 15.8. The summed E-state index contributed by atoms with van der Waals surface area (Å²) in [6, 6.07) is 10.2. The Balaban J connectivity index is 1.44. The average Bonchev–Trinajstić information content (AvgIpc) is 3.51. The second kappa shape index (κ2) is 8.95. The largest absolute Gasteiger partial charge is 0.497 e. The lowest BCUT2D eigenvalue weighted by atomic mass is 10.1. The molecular weight excluding hydrogens is 449 g/mol. The maximum absolute atomic E-state index is 15.0. The Bertz CT molecular complexity index is 1420. The number of hydrogen-bond acceptors (Lipinski definition) is 7. The quantitative estimate of drug-likeness (QED) is 0.456. The first-order valence-electron chi connectivity index (χ1n) is 11.3. The van der Waals surface area contributed by atoms with E-state index in [1.807, 2.05) is 32.3 Å².